The minimum Gasteiger partial charge on any atom is -0.396 e. The van der Waals surface area contributed by atoms with Crippen LogP contribution < -0.4 is 11.5 Å². The fraction of sp³-hybridized carbons (Fsp3) is 0.500. The molecule has 0 bridgehead atoms. The van der Waals surface area contributed by atoms with E-state index in [-0.39, 0.29) is 6.54 Å². The molecule has 0 atom stereocenters. The van der Waals surface area contributed by atoms with Gasteiger partial charge in [-0.25, -0.2) is 8.78 Å². The van der Waals surface area contributed by atoms with Crippen LogP contribution in [-0.2, 0) is 13.1 Å². The van der Waals surface area contributed by atoms with Crippen molar-refractivity contribution < 1.29 is 8.78 Å². The number of nitrogens with two attached hydrogens (primary N) is 2. The molecule has 2 heterocycles. The summed E-state index contributed by atoms with van der Waals surface area (Å²) in [5.41, 5.74) is 13.8. The molecule has 4 N–H and O–H groups in total. The molecule has 0 radical (unpaired) electrons. The molecular formula is C12H20F2N6. The molecular weight excluding hydrogens is 266 g/mol. The third kappa shape index (κ3) is 4.22. The molecule has 2 aromatic heterocycles. The Kier molecular flexibility index (Phi) is 5.95. The van der Waals surface area contributed by atoms with E-state index in [2.05, 4.69) is 10.2 Å². The van der Waals surface area contributed by atoms with Crippen molar-refractivity contribution in [3.8, 4) is 0 Å². The predicted molar refractivity (Wildman–Crippen MR) is 74.7 cm³/mol. The second-order valence-electron chi connectivity index (χ2n) is 4.22. The molecule has 0 aliphatic heterocycles. The zero-order valence-electron chi connectivity index (χ0n) is 11.7. The molecule has 0 aliphatic rings. The van der Waals surface area contributed by atoms with E-state index in [4.69, 9.17) is 11.5 Å². The molecule has 0 aromatic carbocycles. The van der Waals surface area contributed by atoms with Crippen LogP contribution in [0, 0.1) is 13.8 Å². The molecule has 2 rings (SSSR count). The summed E-state index contributed by atoms with van der Waals surface area (Å²) in [6.07, 6.45) is 3.17. The van der Waals surface area contributed by atoms with Crippen molar-refractivity contribution in [2.45, 2.75) is 26.9 Å². The summed E-state index contributed by atoms with van der Waals surface area (Å²) >= 11 is 0. The van der Waals surface area contributed by atoms with E-state index in [1.807, 2.05) is 6.92 Å². The third-order valence-electron chi connectivity index (χ3n) is 2.74. The summed E-state index contributed by atoms with van der Waals surface area (Å²) in [5.74, 6) is 0. The van der Waals surface area contributed by atoms with Gasteiger partial charge in [0.15, 0.2) is 0 Å². The molecule has 0 unspecified atom stereocenters. The number of nitrogens with zero attached hydrogens (tertiary/aromatic N) is 4. The van der Waals surface area contributed by atoms with Gasteiger partial charge < -0.3 is 11.5 Å². The fourth-order valence-electron chi connectivity index (χ4n) is 1.50. The Morgan fingerprint density at radius 2 is 1.75 bits per heavy atom. The van der Waals surface area contributed by atoms with Crippen LogP contribution in [0.15, 0.2) is 12.4 Å². The van der Waals surface area contributed by atoms with Gasteiger partial charge in [0.25, 0.3) is 0 Å². The summed E-state index contributed by atoms with van der Waals surface area (Å²) in [5, 5.41) is 7.81. The number of halogens is 2. The smallest absolute Gasteiger partial charge is 0.109 e. The van der Waals surface area contributed by atoms with E-state index in [1.165, 1.54) is 10.9 Å². The van der Waals surface area contributed by atoms with E-state index >= 15 is 0 Å². The monoisotopic (exact) mass is 286 g/mol. The lowest BCUT2D eigenvalue weighted by Crippen LogP contribution is -2.03. The van der Waals surface area contributed by atoms with E-state index in [9.17, 15) is 8.78 Å². The van der Waals surface area contributed by atoms with Gasteiger partial charge >= 0.3 is 0 Å². The average Bonchev–Trinajstić information content (AvgIpc) is 2.88. The first-order valence-corrected chi connectivity index (χ1v) is 6.19. The van der Waals surface area contributed by atoms with Crippen LogP contribution in [0.1, 0.15) is 11.4 Å². The lowest BCUT2D eigenvalue weighted by atomic mass is 10.4. The van der Waals surface area contributed by atoms with Gasteiger partial charge in [-0.1, -0.05) is 0 Å². The average molecular weight is 286 g/mol. The van der Waals surface area contributed by atoms with Crippen LogP contribution >= 0.6 is 0 Å². The summed E-state index contributed by atoms with van der Waals surface area (Å²) in [4.78, 5) is 0. The van der Waals surface area contributed by atoms with Crippen molar-refractivity contribution in [2.75, 3.05) is 24.8 Å². The normalized spacial score (nSPS) is 10.2. The van der Waals surface area contributed by atoms with Crippen LogP contribution in [0.4, 0.5) is 20.2 Å². The Hall–Kier alpha value is -2.12. The fourth-order valence-corrected chi connectivity index (χ4v) is 1.50. The van der Waals surface area contributed by atoms with Gasteiger partial charge in [-0.3, -0.25) is 9.36 Å². The molecule has 0 saturated heterocycles. The molecule has 8 heteroatoms. The minimum absolute atomic E-state index is 0.290. The molecule has 0 fully saturated rings. The maximum atomic E-state index is 11.8. The van der Waals surface area contributed by atoms with Gasteiger partial charge in [-0.05, 0) is 13.8 Å². The maximum Gasteiger partial charge on any atom is 0.109 e. The summed E-state index contributed by atoms with van der Waals surface area (Å²) in [7, 11) is 0. The van der Waals surface area contributed by atoms with E-state index in [0.29, 0.717) is 17.9 Å². The van der Waals surface area contributed by atoms with Gasteiger partial charge in [0.05, 0.1) is 42.0 Å². The predicted octanol–water partition coefficient (Wildman–Crippen LogP) is 1.49. The van der Waals surface area contributed by atoms with Crippen molar-refractivity contribution in [3.05, 3.63) is 23.8 Å². The standard InChI is InChI=1S/2C6H10FN3/c1-5-6(8)4-10(9-5)3-2-7;1-5-6(8)4-9-10(5)3-2-7/h2*4H,2-3,8H2,1H3. The number of alkyl halides is 2. The van der Waals surface area contributed by atoms with Crippen LogP contribution in [0.5, 0.6) is 0 Å². The molecule has 0 saturated carbocycles. The second-order valence-corrected chi connectivity index (χ2v) is 4.22. The van der Waals surface area contributed by atoms with Crippen molar-refractivity contribution in [1.82, 2.24) is 19.6 Å². The van der Waals surface area contributed by atoms with Gasteiger partial charge in [-0.15, -0.1) is 0 Å². The topological polar surface area (TPSA) is 87.7 Å². The molecule has 20 heavy (non-hydrogen) atoms. The van der Waals surface area contributed by atoms with Crippen molar-refractivity contribution in [3.63, 3.8) is 0 Å². The molecule has 0 aliphatic carbocycles. The Labute approximate surface area is 116 Å². The van der Waals surface area contributed by atoms with Crippen LogP contribution in [0.2, 0.25) is 0 Å². The quantitative estimate of drug-likeness (QED) is 0.891. The van der Waals surface area contributed by atoms with Gasteiger partial charge in [0, 0.05) is 6.20 Å². The molecule has 6 nitrogen and oxygen atoms in total. The number of rotatable bonds is 4. The van der Waals surface area contributed by atoms with E-state index < -0.39 is 13.3 Å². The van der Waals surface area contributed by atoms with Crippen molar-refractivity contribution in [2.24, 2.45) is 0 Å². The first kappa shape index (κ1) is 15.9. The number of hydrogen-bond donors (Lipinski definition) is 2. The molecule has 0 spiro atoms. The summed E-state index contributed by atoms with van der Waals surface area (Å²) < 4.78 is 26.5. The van der Waals surface area contributed by atoms with Crippen LogP contribution in [-0.4, -0.2) is 32.9 Å². The highest BCUT2D eigenvalue weighted by atomic mass is 19.1. The number of anilines is 2. The lowest BCUT2D eigenvalue weighted by Gasteiger charge is -1.98. The molecule has 0 amide bonds. The maximum absolute atomic E-state index is 11.8. The highest BCUT2D eigenvalue weighted by Gasteiger charge is 2.00. The van der Waals surface area contributed by atoms with E-state index in [1.54, 1.807) is 17.8 Å². The van der Waals surface area contributed by atoms with Crippen molar-refractivity contribution in [1.29, 1.82) is 0 Å². The number of aryl methyl sites for hydroxylation is 3. The zero-order valence-corrected chi connectivity index (χ0v) is 11.7. The first-order valence-electron chi connectivity index (χ1n) is 6.19. The highest BCUT2D eigenvalue weighted by Crippen LogP contribution is 2.07. The van der Waals surface area contributed by atoms with E-state index in [0.717, 1.165) is 11.4 Å². The second kappa shape index (κ2) is 7.46. The van der Waals surface area contributed by atoms with Gasteiger partial charge in [-0.2, -0.15) is 10.2 Å². The SMILES string of the molecule is Cc1c(N)cnn1CCF.Cc1nn(CCF)cc1N. The summed E-state index contributed by atoms with van der Waals surface area (Å²) in [6, 6.07) is 0. The Morgan fingerprint density at radius 1 is 1.10 bits per heavy atom. The third-order valence-corrected chi connectivity index (χ3v) is 2.74. The lowest BCUT2D eigenvalue weighted by molar-refractivity contribution is 0.423. The molecule has 2 aromatic rings. The van der Waals surface area contributed by atoms with Crippen molar-refractivity contribution >= 4 is 11.4 Å². The Morgan fingerprint density at radius 3 is 2.15 bits per heavy atom. The van der Waals surface area contributed by atoms with Crippen LogP contribution in [0.3, 0.4) is 0 Å². The number of hydrogen-bond acceptors (Lipinski definition) is 4. The van der Waals surface area contributed by atoms with Gasteiger partial charge in [0.1, 0.15) is 13.3 Å². The zero-order chi connectivity index (χ0) is 15.1. The highest BCUT2D eigenvalue weighted by molar-refractivity contribution is 5.39. The Balaban J connectivity index is 0.000000200. The molecule has 112 valence electrons. The summed E-state index contributed by atoms with van der Waals surface area (Å²) in [6.45, 7) is 3.39. The number of aromatic nitrogens is 4. The van der Waals surface area contributed by atoms with Gasteiger partial charge in [0.2, 0.25) is 0 Å². The Bertz CT molecular complexity index is 515. The minimum atomic E-state index is -0.402. The largest absolute Gasteiger partial charge is 0.396 e. The van der Waals surface area contributed by atoms with Crippen LogP contribution in [0.25, 0.3) is 0 Å². The first-order chi connectivity index (χ1) is 9.49. The number of nitrogen functional groups attached to an aromatic ring is 2.